The summed E-state index contributed by atoms with van der Waals surface area (Å²) in [5.74, 6) is 0. The highest BCUT2D eigenvalue weighted by atomic mass is 16.6. The second kappa shape index (κ2) is 17.6. The highest BCUT2D eigenvalue weighted by molar-refractivity contribution is 5.50. The minimum Gasteiger partial charge on any atom is -0.291 e. The number of rotatable bonds is 16. The van der Waals surface area contributed by atoms with Crippen LogP contribution < -0.4 is 0 Å². The topological polar surface area (TPSA) is 60.2 Å². The molecule has 0 heterocycles. The lowest BCUT2D eigenvalue weighted by molar-refractivity contribution is -0.428. The number of nitro groups is 1. The van der Waals surface area contributed by atoms with Gasteiger partial charge in [-0.25, -0.2) is 0 Å². The van der Waals surface area contributed by atoms with Gasteiger partial charge in [-0.05, 0) is 38.2 Å². The minimum atomic E-state index is -0.362. The molecule has 4 heteroatoms. The van der Waals surface area contributed by atoms with Crippen LogP contribution in [0.15, 0.2) is 36.1 Å². The van der Waals surface area contributed by atoms with Crippen molar-refractivity contribution in [2.75, 3.05) is 0 Å². The molecule has 0 aliphatic heterocycles. The molecule has 0 saturated carbocycles. The van der Waals surface area contributed by atoms with Crippen molar-refractivity contribution in [2.45, 2.75) is 84.0 Å². The van der Waals surface area contributed by atoms with Crippen LogP contribution in [0.3, 0.4) is 0 Å². The van der Waals surface area contributed by atoms with Crippen LogP contribution in [0.5, 0.6) is 0 Å². The van der Waals surface area contributed by atoms with Crippen LogP contribution in [-0.2, 0) is 4.79 Å². The number of unbranched alkanes of at least 4 members (excludes halogenated alkanes) is 7. The summed E-state index contributed by atoms with van der Waals surface area (Å²) in [4.78, 5) is 20.6. The van der Waals surface area contributed by atoms with E-state index in [0.29, 0.717) is 19.3 Å². The van der Waals surface area contributed by atoms with Crippen molar-refractivity contribution in [2.24, 2.45) is 0 Å². The quantitative estimate of drug-likeness (QED) is 0.149. The third-order valence-corrected chi connectivity index (χ3v) is 3.77. The van der Waals surface area contributed by atoms with Crippen LogP contribution in [0.4, 0.5) is 0 Å². The van der Waals surface area contributed by atoms with Crippen molar-refractivity contribution in [3.05, 3.63) is 46.2 Å². The maximum Gasteiger partial charge on any atom is 0.242 e. The molecule has 0 N–H and O–H groups in total. The van der Waals surface area contributed by atoms with E-state index in [1.165, 1.54) is 38.5 Å². The lowest BCUT2D eigenvalue weighted by atomic mass is 10.1. The van der Waals surface area contributed by atoms with Crippen LogP contribution >= 0.6 is 0 Å². The Morgan fingerprint density at radius 2 is 1.62 bits per heavy atom. The minimum absolute atomic E-state index is 0.188. The summed E-state index contributed by atoms with van der Waals surface area (Å²) >= 11 is 0. The molecule has 0 saturated heterocycles. The van der Waals surface area contributed by atoms with E-state index in [1.54, 1.807) is 12.4 Å². The fraction of sp³-hybridized carbons (Fsp3) is 0.650. The van der Waals surface area contributed by atoms with Gasteiger partial charge < -0.3 is 0 Å². The molecule has 0 fully saturated rings. The smallest absolute Gasteiger partial charge is 0.242 e. The standard InChI is InChI=1S/C20H32NO3/c1-2-3-4-5-6-7-8-9-10-11-12-13-14-17-20(21(23)24)18-15-16-19-22/h9-10,12-13,17H,2-8,11,14-16,18H2,1H3/b10-9-,13-12-,20-17+. The van der Waals surface area contributed by atoms with Crippen LogP contribution in [0, 0.1) is 10.1 Å². The number of hydrogen-bond acceptors (Lipinski definition) is 3. The molecule has 1 radical (unpaired) electrons. The Kier molecular flexibility index (Phi) is 16.4. The van der Waals surface area contributed by atoms with E-state index < -0.39 is 0 Å². The van der Waals surface area contributed by atoms with Gasteiger partial charge in [-0.3, -0.25) is 14.9 Å². The summed E-state index contributed by atoms with van der Waals surface area (Å²) in [6, 6.07) is 0. The summed E-state index contributed by atoms with van der Waals surface area (Å²) in [5, 5.41) is 10.8. The summed E-state index contributed by atoms with van der Waals surface area (Å²) in [5.41, 5.74) is 0.188. The van der Waals surface area contributed by atoms with Crippen LogP contribution in [0.2, 0.25) is 0 Å². The van der Waals surface area contributed by atoms with Gasteiger partial charge in [0, 0.05) is 12.8 Å². The predicted octanol–water partition coefficient (Wildman–Crippen LogP) is 6.07. The van der Waals surface area contributed by atoms with Crippen LogP contribution in [0.25, 0.3) is 0 Å². The molecule has 0 aliphatic rings. The van der Waals surface area contributed by atoms with Crippen molar-refractivity contribution < 1.29 is 9.72 Å². The number of nitrogens with zero attached hydrogens (tertiary/aromatic N) is 1. The Hall–Kier alpha value is -1.71. The lowest BCUT2D eigenvalue weighted by Crippen LogP contribution is -1.98. The van der Waals surface area contributed by atoms with E-state index in [-0.39, 0.29) is 17.0 Å². The first-order valence-electron chi connectivity index (χ1n) is 9.20. The molecule has 0 amide bonds. The number of carbonyl (C=O) groups excluding carboxylic acids is 1. The lowest BCUT2D eigenvalue weighted by Gasteiger charge is -1.97. The second-order valence-corrected chi connectivity index (χ2v) is 5.92. The fourth-order valence-electron chi connectivity index (χ4n) is 2.34. The molecule has 0 unspecified atom stereocenters. The molecular formula is C20H32NO3. The number of allylic oxidation sites excluding steroid dienone is 6. The molecule has 135 valence electrons. The summed E-state index contributed by atoms with van der Waals surface area (Å²) in [6.45, 7) is 2.23. The first kappa shape index (κ1) is 22.3. The molecule has 0 aliphatic carbocycles. The van der Waals surface area contributed by atoms with Crippen molar-refractivity contribution >= 4 is 6.29 Å². The van der Waals surface area contributed by atoms with E-state index in [9.17, 15) is 14.9 Å². The zero-order valence-corrected chi connectivity index (χ0v) is 15.0. The van der Waals surface area contributed by atoms with E-state index in [2.05, 4.69) is 19.1 Å². The van der Waals surface area contributed by atoms with Gasteiger partial charge in [-0.2, -0.15) is 0 Å². The van der Waals surface area contributed by atoms with Crippen LogP contribution in [0.1, 0.15) is 84.0 Å². The highest BCUT2D eigenvalue weighted by Gasteiger charge is 2.08. The molecule has 0 atom stereocenters. The summed E-state index contributed by atoms with van der Waals surface area (Å²) in [6.07, 6.45) is 23.3. The Bertz CT molecular complexity index is 411. The van der Waals surface area contributed by atoms with Gasteiger partial charge in [0.15, 0.2) is 6.29 Å². The molecule has 24 heavy (non-hydrogen) atoms. The average molecular weight is 334 g/mol. The molecule has 0 aromatic rings. The van der Waals surface area contributed by atoms with Crippen molar-refractivity contribution in [3.8, 4) is 0 Å². The van der Waals surface area contributed by atoms with E-state index in [4.69, 9.17) is 0 Å². The first-order chi connectivity index (χ1) is 11.7. The first-order valence-corrected chi connectivity index (χ1v) is 9.20. The van der Waals surface area contributed by atoms with Gasteiger partial charge in [0.2, 0.25) is 5.70 Å². The predicted molar refractivity (Wildman–Crippen MR) is 100 cm³/mol. The molecule has 0 bridgehead atoms. The Labute approximate surface area is 146 Å². The maximum absolute atomic E-state index is 10.8. The maximum atomic E-state index is 10.8. The molecule has 0 rings (SSSR count). The average Bonchev–Trinajstić information content (AvgIpc) is 2.57. The largest absolute Gasteiger partial charge is 0.291 e. The SMILES string of the molecule is CCCCCCCC/C=C\C/C=C\C/C=C(\CCC[C]=O)[N+](=O)[O-]. The van der Waals surface area contributed by atoms with Gasteiger partial charge in [0.25, 0.3) is 0 Å². The van der Waals surface area contributed by atoms with Gasteiger partial charge >= 0.3 is 0 Å². The Morgan fingerprint density at radius 3 is 2.33 bits per heavy atom. The fourth-order valence-corrected chi connectivity index (χ4v) is 2.34. The van der Waals surface area contributed by atoms with Gasteiger partial charge in [-0.1, -0.05) is 63.3 Å². The van der Waals surface area contributed by atoms with Crippen molar-refractivity contribution in [1.82, 2.24) is 0 Å². The second-order valence-electron chi connectivity index (χ2n) is 5.92. The van der Waals surface area contributed by atoms with E-state index >= 15 is 0 Å². The molecule has 0 aromatic carbocycles. The zero-order valence-electron chi connectivity index (χ0n) is 15.0. The third-order valence-electron chi connectivity index (χ3n) is 3.77. The summed E-state index contributed by atoms with van der Waals surface area (Å²) in [7, 11) is 0. The van der Waals surface area contributed by atoms with E-state index in [1.807, 2.05) is 12.2 Å². The Balaban J connectivity index is 3.74. The van der Waals surface area contributed by atoms with E-state index in [0.717, 1.165) is 12.8 Å². The molecule has 0 spiro atoms. The van der Waals surface area contributed by atoms with Crippen molar-refractivity contribution in [3.63, 3.8) is 0 Å². The highest BCUT2D eigenvalue weighted by Crippen LogP contribution is 2.09. The normalized spacial score (nSPS) is 12.3. The molecule has 4 nitrogen and oxygen atoms in total. The monoisotopic (exact) mass is 334 g/mol. The van der Waals surface area contributed by atoms with Gasteiger partial charge in [0.1, 0.15) is 0 Å². The van der Waals surface area contributed by atoms with Gasteiger partial charge in [-0.15, -0.1) is 0 Å². The molecule has 0 aromatic heterocycles. The zero-order chi connectivity index (χ0) is 17.9. The van der Waals surface area contributed by atoms with Crippen molar-refractivity contribution in [1.29, 1.82) is 0 Å². The summed E-state index contributed by atoms with van der Waals surface area (Å²) < 4.78 is 0. The Morgan fingerprint density at radius 1 is 0.958 bits per heavy atom. The van der Waals surface area contributed by atoms with Gasteiger partial charge in [0.05, 0.1) is 4.92 Å². The molecular weight excluding hydrogens is 302 g/mol. The van der Waals surface area contributed by atoms with Crippen LogP contribution in [-0.4, -0.2) is 11.2 Å². The third kappa shape index (κ3) is 15.2. The number of hydrogen-bond donors (Lipinski definition) is 0.